The molecule has 0 aromatic heterocycles. The van der Waals surface area contributed by atoms with Crippen molar-refractivity contribution in [2.45, 2.75) is 25.8 Å². The van der Waals surface area contributed by atoms with Gasteiger partial charge in [-0.15, -0.1) is 0 Å². The SMILES string of the molecule is CCC[C@H](NC#P=O)C(=O)O. The summed E-state index contributed by atoms with van der Waals surface area (Å²) >= 11 is 0. The van der Waals surface area contributed by atoms with Crippen LogP contribution in [0.25, 0.3) is 0 Å². The number of aliphatic carboxylic acids is 1. The molecule has 0 aliphatic carbocycles. The van der Waals surface area contributed by atoms with Gasteiger partial charge < -0.3 is 0 Å². The van der Waals surface area contributed by atoms with Gasteiger partial charge in [0.15, 0.2) is 0 Å². The summed E-state index contributed by atoms with van der Waals surface area (Å²) in [7, 11) is -0.314. The third-order valence-corrected chi connectivity index (χ3v) is 1.38. The van der Waals surface area contributed by atoms with Gasteiger partial charge in [-0.05, 0) is 0 Å². The molecule has 0 fully saturated rings. The molecule has 0 bridgehead atoms. The van der Waals surface area contributed by atoms with Crippen LogP contribution in [0.2, 0.25) is 0 Å². The van der Waals surface area contributed by atoms with Crippen molar-refractivity contribution in [3.05, 3.63) is 0 Å². The molecule has 1 atom stereocenters. The second-order valence-corrected chi connectivity index (χ2v) is 2.43. The van der Waals surface area contributed by atoms with Crippen LogP contribution in [0.5, 0.6) is 0 Å². The van der Waals surface area contributed by atoms with E-state index in [1.807, 2.05) is 6.92 Å². The Morgan fingerprint density at radius 3 is 2.82 bits per heavy atom. The Morgan fingerprint density at radius 1 is 1.82 bits per heavy atom. The van der Waals surface area contributed by atoms with Gasteiger partial charge in [0.25, 0.3) is 0 Å². The number of hydrogen-bond acceptors (Lipinski definition) is 3. The van der Waals surface area contributed by atoms with Crippen LogP contribution < -0.4 is 5.32 Å². The molecule has 0 radical (unpaired) electrons. The number of carbonyl (C=O) groups is 1. The van der Waals surface area contributed by atoms with E-state index in [4.69, 9.17) is 5.11 Å². The van der Waals surface area contributed by atoms with Crippen molar-refractivity contribution < 1.29 is 14.5 Å². The van der Waals surface area contributed by atoms with Crippen molar-refractivity contribution in [1.82, 2.24) is 5.32 Å². The van der Waals surface area contributed by atoms with E-state index in [9.17, 15) is 9.36 Å². The van der Waals surface area contributed by atoms with Crippen molar-refractivity contribution in [2.24, 2.45) is 0 Å². The molecule has 0 aliphatic heterocycles. The van der Waals surface area contributed by atoms with Crippen LogP contribution in [-0.2, 0) is 9.36 Å². The van der Waals surface area contributed by atoms with Crippen LogP contribution in [0.15, 0.2) is 0 Å². The molecule has 0 spiro atoms. The van der Waals surface area contributed by atoms with Crippen LogP contribution >= 0.6 is 7.92 Å². The number of hydrogen-bond donors (Lipinski definition) is 2. The van der Waals surface area contributed by atoms with Crippen molar-refractivity contribution >= 4 is 13.9 Å². The summed E-state index contributed by atoms with van der Waals surface area (Å²) in [5.41, 5.74) is 0. The first-order valence-electron chi connectivity index (χ1n) is 3.28. The molecular weight excluding hydrogens is 165 g/mol. The van der Waals surface area contributed by atoms with E-state index >= 15 is 0 Å². The van der Waals surface area contributed by atoms with Crippen LogP contribution in [0.1, 0.15) is 19.8 Å². The number of nitrogens with one attached hydrogen (secondary N) is 1. The van der Waals surface area contributed by atoms with Gasteiger partial charge >= 0.3 is 65.2 Å². The van der Waals surface area contributed by atoms with Crippen LogP contribution in [0.3, 0.4) is 0 Å². The van der Waals surface area contributed by atoms with Crippen LogP contribution in [-0.4, -0.2) is 17.1 Å². The zero-order valence-corrected chi connectivity index (χ0v) is 7.10. The fourth-order valence-electron chi connectivity index (χ4n) is 0.650. The Balaban J connectivity index is 3.95. The van der Waals surface area contributed by atoms with Gasteiger partial charge in [0, 0.05) is 0 Å². The Bertz CT molecular complexity index is 221. The summed E-state index contributed by atoms with van der Waals surface area (Å²) in [6.07, 6.45) is 1.28. The normalized spacial score (nSPS) is 11.7. The average molecular weight is 175 g/mol. The predicted molar refractivity (Wildman–Crippen MR) is 41.0 cm³/mol. The van der Waals surface area contributed by atoms with E-state index in [2.05, 4.69) is 11.1 Å². The van der Waals surface area contributed by atoms with E-state index in [0.717, 1.165) is 6.42 Å². The zero-order valence-electron chi connectivity index (χ0n) is 6.20. The molecule has 4 nitrogen and oxygen atoms in total. The first kappa shape index (κ1) is 10.4. The Kier molecular flexibility index (Phi) is 5.86. The average Bonchev–Trinajstić information content (AvgIpc) is 1.97. The topological polar surface area (TPSA) is 66.4 Å². The second-order valence-electron chi connectivity index (χ2n) is 2.03. The standard InChI is InChI=1S/C6H10NO3P/c1-2-3-5(6(8)9)7-4-11-10/h5,7H,2-3H2,1H3,(H,8,9)/t5-/m0/s1. The zero-order chi connectivity index (χ0) is 8.69. The fourth-order valence-corrected chi connectivity index (χ4v) is 0.859. The van der Waals surface area contributed by atoms with Crippen molar-refractivity contribution in [3.63, 3.8) is 0 Å². The molecule has 0 rings (SSSR count). The molecule has 0 aromatic rings. The quantitative estimate of drug-likeness (QED) is 0.494. The minimum atomic E-state index is -0.942. The van der Waals surface area contributed by atoms with Gasteiger partial charge in [0.05, 0.1) is 0 Å². The van der Waals surface area contributed by atoms with Gasteiger partial charge in [0.1, 0.15) is 0 Å². The maximum atomic E-state index is 10.4. The van der Waals surface area contributed by atoms with Gasteiger partial charge in [0.2, 0.25) is 0 Å². The molecule has 0 aliphatic rings. The summed E-state index contributed by atoms with van der Waals surface area (Å²) in [4.78, 5) is 10.4. The second kappa shape index (κ2) is 6.17. The van der Waals surface area contributed by atoms with Crippen molar-refractivity contribution in [2.75, 3.05) is 0 Å². The predicted octanol–water partition coefficient (Wildman–Crippen LogP) is 1.04. The van der Waals surface area contributed by atoms with E-state index in [1.165, 1.54) is 0 Å². The van der Waals surface area contributed by atoms with Crippen LogP contribution in [0.4, 0.5) is 0 Å². The Morgan fingerprint density at radius 2 is 2.45 bits per heavy atom. The number of rotatable bonds is 4. The molecule has 62 valence electrons. The Hall–Kier alpha value is -0.560. The Labute approximate surface area is 66.1 Å². The first-order chi connectivity index (χ1) is 5.22. The number of carboxylic acid groups (broad SMARTS) is 1. The van der Waals surface area contributed by atoms with Gasteiger partial charge in [-0.2, -0.15) is 0 Å². The molecule has 0 amide bonds. The van der Waals surface area contributed by atoms with E-state index in [1.54, 1.807) is 0 Å². The van der Waals surface area contributed by atoms with E-state index in [0.29, 0.717) is 6.42 Å². The summed E-state index contributed by atoms with van der Waals surface area (Å²) < 4.78 is 9.87. The fraction of sp³-hybridized carbons (Fsp3) is 0.667. The number of carboxylic acids is 1. The van der Waals surface area contributed by atoms with E-state index in [-0.39, 0.29) is 7.92 Å². The monoisotopic (exact) mass is 175 g/mol. The molecule has 2 N–H and O–H groups in total. The van der Waals surface area contributed by atoms with Gasteiger partial charge in [-0.25, -0.2) is 0 Å². The summed E-state index contributed by atoms with van der Waals surface area (Å²) in [6, 6.07) is -0.665. The first-order valence-corrected chi connectivity index (χ1v) is 4.09. The molecule has 0 heterocycles. The third-order valence-electron chi connectivity index (χ3n) is 1.16. The minimum absolute atomic E-state index is 0.314. The van der Waals surface area contributed by atoms with Crippen molar-refractivity contribution in [3.8, 4) is 5.75 Å². The van der Waals surface area contributed by atoms with Crippen molar-refractivity contribution in [1.29, 1.82) is 0 Å². The maximum absolute atomic E-state index is 10.4. The molecule has 0 aromatic carbocycles. The van der Waals surface area contributed by atoms with Gasteiger partial charge in [-0.3, -0.25) is 0 Å². The summed E-state index contributed by atoms with van der Waals surface area (Å²) in [5, 5.41) is 10.9. The molecule has 0 saturated carbocycles. The molecule has 11 heavy (non-hydrogen) atoms. The molecule has 0 saturated heterocycles. The third kappa shape index (κ3) is 4.79. The van der Waals surface area contributed by atoms with Gasteiger partial charge in [-0.1, -0.05) is 0 Å². The summed E-state index contributed by atoms with van der Waals surface area (Å²) in [5.74, 6) is 1.26. The molecule has 0 unspecified atom stereocenters. The van der Waals surface area contributed by atoms with Crippen LogP contribution in [0, 0.1) is 5.75 Å². The molecular formula is C6H10NO3P. The summed E-state index contributed by atoms with van der Waals surface area (Å²) in [6.45, 7) is 1.88. The molecule has 5 heteroatoms. The van der Waals surface area contributed by atoms with E-state index < -0.39 is 12.0 Å².